The van der Waals surface area contributed by atoms with Crippen molar-refractivity contribution in [3.63, 3.8) is 0 Å². The van der Waals surface area contributed by atoms with Crippen molar-refractivity contribution >= 4 is 11.9 Å². The van der Waals surface area contributed by atoms with Gasteiger partial charge in [0.1, 0.15) is 6.10 Å². The second-order valence-electron chi connectivity index (χ2n) is 6.48. The fourth-order valence-electron chi connectivity index (χ4n) is 3.74. The van der Waals surface area contributed by atoms with Gasteiger partial charge in [0.25, 0.3) is 0 Å². The fourth-order valence-corrected chi connectivity index (χ4v) is 3.74. The summed E-state index contributed by atoms with van der Waals surface area (Å²) in [6, 6.07) is 0. The highest BCUT2D eigenvalue weighted by molar-refractivity contribution is 5.76. The zero-order valence-corrected chi connectivity index (χ0v) is 11.4. The second-order valence-corrected chi connectivity index (χ2v) is 6.48. The van der Waals surface area contributed by atoms with Crippen molar-refractivity contribution in [2.75, 3.05) is 0 Å². The maximum Gasteiger partial charge on any atom is 0.306 e. The number of hydrogen-bond donors (Lipinski definition) is 1. The van der Waals surface area contributed by atoms with E-state index in [1.807, 2.05) is 0 Å². The van der Waals surface area contributed by atoms with E-state index in [1.165, 1.54) is 6.42 Å². The van der Waals surface area contributed by atoms with E-state index in [4.69, 9.17) is 9.84 Å². The normalized spacial score (nSPS) is 36.6. The van der Waals surface area contributed by atoms with Gasteiger partial charge in [-0.3, -0.25) is 9.59 Å². The Balaban J connectivity index is 1.96. The monoisotopic (exact) mass is 254 g/mol. The molecule has 102 valence electrons. The van der Waals surface area contributed by atoms with Crippen LogP contribution in [0.2, 0.25) is 0 Å². The van der Waals surface area contributed by atoms with Crippen LogP contribution in [0.3, 0.4) is 0 Å². The Labute approximate surface area is 108 Å². The molecule has 0 unspecified atom stereocenters. The molecule has 2 fully saturated rings. The van der Waals surface area contributed by atoms with Crippen LogP contribution in [0.15, 0.2) is 0 Å². The molecule has 2 aliphatic carbocycles. The lowest BCUT2D eigenvalue weighted by molar-refractivity contribution is -0.158. The third kappa shape index (κ3) is 1.91. The molecular formula is C14H22O4. The Morgan fingerprint density at radius 3 is 2.39 bits per heavy atom. The molecule has 2 bridgehead atoms. The van der Waals surface area contributed by atoms with Crippen LogP contribution in [0, 0.1) is 16.7 Å². The highest BCUT2D eigenvalue weighted by Crippen LogP contribution is 2.66. The first-order valence-electron chi connectivity index (χ1n) is 6.68. The van der Waals surface area contributed by atoms with Crippen molar-refractivity contribution in [1.29, 1.82) is 0 Å². The molecular weight excluding hydrogens is 232 g/mol. The number of esters is 1. The minimum absolute atomic E-state index is 0.0208. The summed E-state index contributed by atoms with van der Waals surface area (Å²) in [5.41, 5.74) is 0.265. The molecule has 0 radical (unpaired) electrons. The summed E-state index contributed by atoms with van der Waals surface area (Å²) in [4.78, 5) is 22.1. The number of fused-ring (bicyclic) bond motifs is 2. The van der Waals surface area contributed by atoms with Crippen molar-refractivity contribution in [2.45, 2.75) is 59.0 Å². The van der Waals surface area contributed by atoms with Gasteiger partial charge in [-0.05, 0) is 30.6 Å². The van der Waals surface area contributed by atoms with Crippen LogP contribution >= 0.6 is 0 Å². The summed E-state index contributed by atoms with van der Waals surface area (Å²) >= 11 is 0. The molecule has 4 heteroatoms. The first-order chi connectivity index (χ1) is 8.27. The summed E-state index contributed by atoms with van der Waals surface area (Å²) in [6.45, 7) is 6.72. The highest BCUT2D eigenvalue weighted by atomic mass is 16.5. The van der Waals surface area contributed by atoms with Crippen molar-refractivity contribution in [2.24, 2.45) is 16.7 Å². The van der Waals surface area contributed by atoms with Crippen LogP contribution in [0.5, 0.6) is 0 Å². The summed E-state index contributed by atoms with van der Waals surface area (Å²) in [5, 5.41) is 8.55. The van der Waals surface area contributed by atoms with E-state index in [0.717, 1.165) is 12.8 Å². The first-order valence-corrected chi connectivity index (χ1v) is 6.68. The van der Waals surface area contributed by atoms with Gasteiger partial charge in [0.15, 0.2) is 0 Å². The Bertz CT molecular complexity index is 374. The van der Waals surface area contributed by atoms with Crippen molar-refractivity contribution in [3.8, 4) is 0 Å². The average molecular weight is 254 g/mol. The SMILES string of the molecule is CC1(C)[C@@H]2CC[C@]1(C)[C@@H](OC(=O)CCC(=O)O)C2. The molecule has 0 aromatic heterocycles. The van der Waals surface area contributed by atoms with E-state index in [0.29, 0.717) is 5.92 Å². The molecule has 0 saturated heterocycles. The van der Waals surface area contributed by atoms with E-state index in [-0.39, 0.29) is 35.7 Å². The molecule has 0 aliphatic heterocycles. The van der Waals surface area contributed by atoms with Gasteiger partial charge in [-0.25, -0.2) is 0 Å². The van der Waals surface area contributed by atoms with Gasteiger partial charge in [0.05, 0.1) is 12.8 Å². The Hall–Kier alpha value is -1.06. The second kappa shape index (κ2) is 4.25. The number of aliphatic carboxylic acids is 1. The molecule has 1 N–H and O–H groups in total. The smallest absolute Gasteiger partial charge is 0.306 e. The molecule has 2 saturated carbocycles. The van der Waals surface area contributed by atoms with Gasteiger partial charge >= 0.3 is 11.9 Å². The van der Waals surface area contributed by atoms with Crippen molar-refractivity contribution in [1.82, 2.24) is 0 Å². The summed E-state index contributed by atoms with van der Waals surface area (Å²) in [6.07, 6.45) is 3.05. The predicted molar refractivity (Wildman–Crippen MR) is 66.0 cm³/mol. The molecule has 4 nitrogen and oxygen atoms in total. The lowest BCUT2D eigenvalue weighted by Crippen LogP contribution is -2.38. The number of carboxylic acids is 1. The largest absolute Gasteiger partial charge is 0.481 e. The molecule has 0 amide bonds. The highest BCUT2D eigenvalue weighted by Gasteiger charge is 2.62. The Morgan fingerprint density at radius 1 is 1.28 bits per heavy atom. The third-order valence-corrected chi connectivity index (χ3v) is 5.53. The van der Waals surface area contributed by atoms with Crippen LogP contribution in [0.4, 0.5) is 0 Å². The fraction of sp³-hybridized carbons (Fsp3) is 0.857. The van der Waals surface area contributed by atoms with Crippen LogP contribution in [0.25, 0.3) is 0 Å². The van der Waals surface area contributed by atoms with E-state index >= 15 is 0 Å². The number of carbonyl (C=O) groups excluding carboxylic acids is 1. The van der Waals surface area contributed by atoms with E-state index in [2.05, 4.69) is 20.8 Å². The first kappa shape index (κ1) is 13.4. The number of ether oxygens (including phenoxy) is 1. The maximum absolute atomic E-state index is 11.6. The molecule has 18 heavy (non-hydrogen) atoms. The predicted octanol–water partition coefficient (Wildman–Crippen LogP) is 2.61. The molecule has 0 heterocycles. The molecule has 0 aromatic carbocycles. The van der Waals surface area contributed by atoms with E-state index in [9.17, 15) is 9.59 Å². The number of hydrogen-bond acceptors (Lipinski definition) is 3. The van der Waals surface area contributed by atoms with Crippen LogP contribution in [-0.4, -0.2) is 23.1 Å². The van der Waals surface area contributed by atoms with Crippen LogP contribution < -0.4 is 0 Å². The number of carboxylic acid groups (broad SMARTS) is 1. The van der Waals surface area contributed by atoms with Crippen molar-refractivity contribution in [3.05, 3.63) is 0 Å². The Kier molecular flexibility index (Phi) is 3.16. The molecule has 2 rings (SSSR count). The lowest BCUT2D eigenvalue weighted by Gasteiger charge is -2.38. The van der Waals surface area contributed by atoms with Gasteiger partial charge in [0.2, 0.25) is 0 Å². The topological polar surface area (TPSA) is 63.6 Å². The van der Waals surface area contributed by atoms with Gasteiger partial charge in [0, 0.05) is 5.41 Å². The number of carbonyl (C=O) groups is 2. The lowest BCUT2D eigenvalue weighted by atomic mass is 9.70. The van der Waals surface area contributed by atoms with Gasteiger partial charge in [-0.1, -0.05) is 20.8 Å². The quantitative estimate of drug-likeness (QED) is 0.783. The van der Waals surface area contributed by atoms with Crippen LogP contribution in [-0.2, 0) is 14.3 Å². The summed E-state index contributed by atoms with van der Waals surface area (Å²) in [7, 11) is 0. The van der Waals surface area contributed by atoms with E-state index in [1.54, 1.807) is 0 Å². The zero-order chi connectivity index (χ0) is 13.6. The van der Waals surface area contributed by atoms with E-state index < -0.39 is 5.97 Å². The number of rotatable bonds is 4. The summed E-state index contributed by atoms with van der Waals surface area (Å²) in [5.74, 6) is -0.696. The molecule has 0 aromatic rings. The maximum atomic E-state index is 11.6. The molecule has 3 atom stereocenters. The molecule has 2 aliphatic rings. The van der Waals surface area contributed by atoms with Crippen LogP contribution in [0.1, 0.15) is 52.9 Å². The minimum Gasteiger partial charge on any atom is -0.481 e. The minimum atomic E-state index is -0.952. The van der Waals surface area contributed by atoms with Gasteiger partial charge in [-0.2, -0.15) is 0 Å². The summed E-state index contributed by atoms with van der Waals surface area (Å²) < 4.78 is 5.53. The zero-order valence-electron chi connectivity index (χ0n) is 11.4. The van der Waals surface area contributed by atoms with Gasteiger partial charge in [-0.15, -0.1) is 0 Å². The Morgan fingerprint density at radius 2 is 1.94 bits per heavy atom. The molecule has 0 spiro atoms. The standard InChI is InChI=1S/C14H22O4/c1-13(2)9-6-7-14(13,3)10(8-9)18-12(17)5-4-11(15)16/h9-10H,4-8H2,1-3H3,(H,15,16)/t9-,10+,14-/m1/s1. The van der Waals surface area contributed by atoms with Crippen molar-refractivity contribution < 1.29 is 19.4 Å². The van der Waals surface area contributed by atoms with Gasteiger partial charge < -0.3 is 9.84 Å². The average Bonchev–Trinajstić information content (AvgIpc) is 2.59. The third-order valence-electron chi connectivity index (χ3n) is 5.53.